The van der Waals surface area contributed by atoms with Crippen LogP contribution in [0.25, 0.3) is 166 Å². The van der Waals surface area contributed by atoms with E-state index < -0.39 is 60.5 Å². The molecule has 17 aromatic carbocycles. The molecule has 0 fully saturated rings. The lowest BCUT2D eigenvalue weighted by Gasteiger charge is -2.46. The maximum atomic E-state index is 10.5. The summed E-state index contributed by atoms with van der Waals surface area (Å²) in [5.74, 6) is 0. The van der Waals surface area contributed by atoms with E-state index in [1.165, 1.54) is 0 Å². The number of rotatable bonds is 10. The summed E-state index contributed by atoms with van der Waals surface area (Å²) in [7, 11) is 0. The third-order valence-corrected chi connectivity index (χ3v) is 22.9. The van der Waals surface area contributed by atoms with Gasteiger partial charge in [0.2, 0.25) is 0 Å². The summed E-state index contributed by atoms with van der Waals surface area (Å²) >= 11 is 0. The van der Waals surface area contributed by atoms with Gasteiger partial charge in [0.25, 0.3) is 6.71 Å². The number of fused-ring (bicyclic) bond motifs is 16. The van der Waals surface area contributed by atoms with E-state index in [0.717, 1.165) is 111 Å². The van der Waals surface area contributed by atoms with Crippen LogP contribution >= 0.6 is 0 Å². The smallest absolute Gasteiger partial charge is 0.252 e. The molecule has 0 saturated heterocycles. The largest absolute Gasteiger partial charge is 0.456 e. The minimum absolute atomic E-state index is 0.00109. The van der Waals surface area contributed by atoms with Gasteiger partial charge in [-0.1, -0.05) is 275 Å². The van der Waals surface area contributed by atoms with Crippen molar-refractivity contribution in [3.63, 3.8) is 0 Å². The molecule has 0 amide bonds. The fourth-order valence-corrected chi connectivity index (χ4v) is 17.7. The van der Waals surface area contributed by atoms with Crippen LogP contribution in [-0.4, -0.2) is 15.8 Å². The first-order chi connectivity index (χ1) is 61.5. The number of hydrogen-bond donors (Lipinski definition) is 0. The summed E-state index contributed by atoms with van der Waals surface area (Å²) < 4.78 is 158. The lowest BCUT2D eigenvalue weighted by atomic mass is 9.33. The number of benzene rings is 17. The molecule has 0 atom stereocenters. The summed E-state index contributed by atoms with van der Waals surface area (Å²) in [6.07, 6.45) is 0. The van der Waals surface area contributed by atoms with Crippen LogP contribution in [0.4, 0.5) is 34.1 Å². The maximum absolute atomic E-state index is 10.5. The van der Waals surface area contributed by atoms with Gasteiger partial charge in [0.15, 0.2) is 0 Å². The van der Waals surface area contributed by atoms with E-state index in [1.807, 2.05) is 218 Å². The Hall–Kier alpha value is -14.4. The highest BCUT2D eigenvalue weighted by Crippen LogP contribution is 2.56. The molecule has 0 N–H and O–H groups in total. The maximum Gasteiger partial charge on any atom is 0.252 e. The van der Waals surface area contributed by atoms with Crippen molar-refractivity contribution in [1.29, 1.82) is 0 Å². The molecule has 0 unspecified atom stereocenters. The number of para-hydroxylation sites is 4. The fourth-order valence-electron chi connectivity index (χ4n) is 17.7. The minimum Gasteiger partial charge on any atom is -0.456 e. The Kier molecular flexibility index (Phi) is 11.5. The SMILES string of the molecule is [2H]c1c([2H])c([2H])c2c(c1[2H])c1c([2H])c(-c3cccc(-c4ccccc4)c3)c([2H])c([2H])c1n2-c1ccc2c(c1)N(c1c(-c3ccccc3)ccc3oc4ccccc4c13)c1cc(C(C)(C)C)cc3c1B2c1ccc(-n2c4c([2H])c([2H])c([2H])c([2H])c4c4c([2H])c(-c5cccc(-c6ccccc6)c5)c([2H])c([2H])c42)cc1N3c1c(-c2ccccc2)ccc2oc3ccccc3c12. The molecule has 113 heavy (non-hydrogen) atoms. The lowest BCUT2D eigenvalue weighted by Crippen LogP contribution is -2.61. The first-order valence-electron chi connectivity index (χ1n) is 45.0. The summed E-state index contributed by atoms with van der Waals surface area (Å²) in [6, 6.07) is 90.1. The molecule has 530 valence electrons. The third-order valence-electron chi connectivity index (χ3n) is 22.9. The zero-order valence-corrected chi connectivity index (χ0v) is 61.4. The minimum atomic E-state index is -0.771. The average molecular weight is 1460 g/mol. The second-order valence-electron chi connectivity index (χ2n) is 30.3. The topological polar surface area (TPSA) is 42.6 Å². The van der Waals surface area contributed by atoms with Crippen molar-refractivity contribution >= 4 is 145 Å². The number of anilines is 6. The Morgan fingerprint density at radius 3 is 1.11 bits per heavy atom. The van der Waals surface area contributed by atoms with Gasteiger partial charge in [0.05, 0.1) is 63.4 Å². The van der Waals surface area contributed by atoms with E-state index in [9.17, 15) is 19.2 Å². The molecule has 0 radical (unpaired) electrons. The number of aromatic nitrogens is 2. The zero-order chi connectivity index (χ0) is 86.9. The third kappa shape index (κ3) is 10.1. The monoisotopic (exact) mass is 1460 g/mol. The van der Waals surface area contributed by atoms with Crippen molar-refractivity contribution in [3.05, 3.63) is 381 Å². The van der Waals surface area contributed by atoms with Gasteiger partial charge in [0, 0.05) is 77.6 Å². The Labute approximate surface area is 673 Å². The summed E-state index contributed by atoms with van der Waals surface area (Å²) in [6.45, 7) is 5.77. The van der Waals surface area contributed by atoms with Gasteiger partial charge in [-0.05, 0) is 204 Å². The van der Waals surface area contributed by atoms with Gasteiger partial charge >= 0.3 is 0 Å². The predicted molar refractivity (Wildman–Crippen MR) is 475 cm³/mol. The molecular weight excluding hydrogens is 1370 g/mol. The fraction of sp³-hybridized carbons (Fsp3) is 0.0377. The van der Waals surface area contributed by atoms with Crippen molar-refractivity contribution in [1.82, 2.24) is 9.13 Å². The summed E-state index contributed by atoms with van der Waals surface area (Å²) in [5.41, 5.74) is 17.9. The van der Waals surface area contributed by atoms with Crippen LogP contribution in [0, 0.1) is 0 Å². The summed E-state index contributed by atoms with van der Waals surface area (Å²) in [4.78, 5) is 4.64. The van der Waals surface area contributed by atoms with Crippen LogP contribution in [0.15, 0.2) is 385 Å². The van der Waals surface area contributed by atoms with Gasteiger partial charge < -0.3 is 27.8 Å². The van der Waals surface area contributed by atoms with Gasteiger partial charge in [-0.2, -0.15) is 0 Å². The van der Waals surface area contributed by atoms with Crippen molar-refractivity contribution < 1.29 is 28.0 Å². The van der Waals surface area contributed by atoms with E-state index in [-0.39, 0.29) is 91.0 Å². The average Bonchev–Trinajstić information content (AvgIpc) is 1.51. The van der Waals surface area contributed by atoms with Crippen LogP contribution in [0.1, 0.15) is 45.5 Å². The zero-order valence-electron chi connectivity index (χ0n) is 75.4. The van der Waals surface area contributed by atoms with Gasteiger partial charge in [0.1, 0.15) is 22.3 Å². The van der Waals surface area contributed by atoms with Crippen LogP contribution in [0.5, 0.6) is 0 Å². The van der Waals surface area contributed by atoms with Crippen LogP contribution < -0.4 is 26.2 Å². The quantitative estimate of drug-likeness (QED) is 0.128. The Bertz CT molecular complexity index is 7920. The molecular formula is C106H71BN4O2. The van der Waals surface area contributed by atoms with Crippen molar-refractivity contribution in [2.45, 2.75) is 26.2 Å². The Morgan fingerprint density at radius 2 is 0.673 bits per heavy atom. The molecule has 23 rings (SSSR count). The molecule has 7 heteroatoms. The molecule has 0 spiro atoms. The number of hydrogen-bond acceptors (Lipinski definition) is 4. The number of furan rings is 2. The highest BCUT2D eigenvalue weighted by molar-refractivity contribution is 7.00. The predicted octanol–water partition coefficient (Wildman–Crippen LogP) is 27.1. The Morgan fingerprint density at radius 1 is 0.292 bits per heavy atom. The second-order valence-corrected chi connectivity index (χ2v) is 30.3. The first-order valence-corrected chi connectivity index (χ1v) is 38.0. The highest BCUT2D eigenvalue weighted by Gasteiger charge is 2.46. The highest BCUT2D eigenvalue weighted by atomic mass is 16.3. The van der Waals surface area contributed by atoms with E-state index in [2.05, 4.69) is 91.2 Å². The molecule has 2 aliphatic heterocycles. The Balaban J connectivity index is 0.876. The first kappa shape index (κ1) is 51.8. The molecule has 6 nitrogen and oxygen atoms in total. The molecule has 21 aromatic rings. The molecule has 2 aliphatic rings. The van der Waals surface area contributed by atoms with Gasteiger partial charge in [-0.3, -0.25) is 0 Å². The van der Waals surface area contributed by atoms with Gasteiger partial charge in [-0.15, -0.1) is 0 Å². The molecule has 0 aliphatic carbocycles. The second kappa shape index (κ2) is 25.1. The normalized spacial score (nSPS) is 14.4. The van der Waals surface area contributed by atoms with Crippen LogP contribution in [0.2, 0.25) is 0 Å². The van der Waals surface area contributed by atoms with E-state index >= 15 is 0 Å². The van der Waals surface area contributed by atoms with E-state index in [0.29, 0.717) is 56.2 Å². The molecule has 6 heterocycles. The van der Waals surface area contributed by atoms with Crippen LogP contribution in [-0.2, 0) is 5.41 Å². The van der Waals surface area contributed by atoms with Crippen molar-refractivity contribution in [2.75, 3.05) is 9.80 Å². The van der Waals surface area contributed by atoms with Gasteiger partial charge in [-0.25, -0.2) is 0 Å². The molecule has 0 saturated carbocycles. The van der Waals surface area contributed by atoms with Crippen molar-refractivity contribution in [3.8, 4) is 78.1 Å². The molecule has 0 bridgehead atoms. The standard InChI is InChI=1S/C106H71BN4O2/c1-106(2,3)76-62-95-103-96(63-76)111(105-80(69-32-14-7-15-33-69)51-57-100-102(105)84-41-19-23-45-98(84)113-100)94-65-78(109-90-43-21-17-39-82(90)86-61-75(47-55-92(86)109)73-37-25-35-71(59-73)67-28-10-5-11-29-67)49-53-88(94)107(103)87-52-48-77(64-93(87)110(95)104-79(68-30-12-6-13-31-68)50-56-99-101(104)83-40-18-22-44-97(83)112-99)108-89-42-20-16-38-81(89)85-60-74(46-54-91(85)108)72-36-24-34-70(58-72)66-26-8-4-9-27-66/h4-65H,1-3H3/i16D,17D,20D,21D,38D,39D,42D,43D,46D,47D,54D,55D,60D,61D. The summed E-state index contributed by atoms with van der Waals surface area (Å²) in [5, 5.41) is 3.35. The van der Waals surface area contributed by atoms with Crippen LogP contribution in [0.3, 0.4) is 0 Å². The van der Waals surface area contributed by atoms with E-state index in [4.69, 9.17) is 8.83 Å². The number of nitrogens with zero attached hydrogens (tertiary/aromatic N) is 4. The van der Waals surface area contributed by atoms with E-state index in [1.54, 1.807) is 21.3 Å². The van der Waals surface area contributed by atoms with Crippen molar-refractivity contribution in [2.24, 2.45) is 0 Å². The molecule has 4 aromatic heterocycles. The lowest BCUT2D eigenvalue weighted by molar-refractivity contribution is 0.590.